The number of phosphoric ester groups is 1. The Balaban J connectivity index is 4.27. The standard InChI is InChI=1S/C54H98NO8P/c1-6-8-10-12-14-16-18-20-22-24-25-26-27-28-29-31-33-35-37-39-41-43-45-47-54(57)63-52(51-62-64(58,59)61-49-48-55(3,4)5)50-60-53(56)46-44-42-40-38-36-34-32-30-23-21-19-17-15-13-11-9-7-2/h9,11,15,17,21,23,32,34,38,40,52H,6-8,10,12-14,16,18-20,22,24-31,33,35-37,39,41-51H2,1-5H3/p+1/b11-9+,17-15+,23-21+,34-32+,40-38+/t52-/m1/s1. The van der Waals surface area contributed by atoms with Gasteiger partial charge in [-0.05, 0) is 51.4 Å². The van der Waals surface area contributed by atoms with E-state index < -0.39 is 32.5 Å². The number of allylic oxidation sites excluding steroid dienone is 10. The molecule has 0 fully saturated rings. The summed E-state index contributed by atoms with van der Waals surface area (Å²) in [5.74, 6) is -0.861. The predicted octanol–water partition coefficient (Wildman–Crippen LogP) is 15.6. The van der Waals surface area contributed by atoms with E-state index >= 15 is 0 Å². The van der Waals surface area contributed by atoms with E-state index in [-0.39, 0.29) is 26.1 Å². The Labute approximate surface area is 394 Å². The van der Waals surface area contributed by atoms with Crippen LogP contribution >= 0.6 is 7.82 Å². The first-order chi connectivity index (χ1) is 31.0. The molecule has 1 unspecified atom stereocenters. The molecule has 0 aromatic rings. The summed E-state index contributed by atoms with van der Waals surface area (Å²) in [5, 5.41) is 0. The van der Waals surface area contributed by atoms with Gasteiger partial charge in [0.2, 0.25) is 0 Å². The number of ether oxygens (including phenoxy) is 2. The van der Waals surface area contributed by atoms with Crippen LogP contribution in [0.3, 0.4) is 0 Å². The molecule has 0 aliphatic heterocycles. The number of phosphoric acid groups is 1. The third-order valence-electron chi connectivity index (χ3n) is 11.1. The van der Waals surface area contributed by atoms with Gasteiger partial charge in [-0.25, -0.2) is 4.57 Å². The van der Waals surface area contributed by atoms with E-state index in [4.69, 9.17) is 18.5 Å². The highest BCUT2D eigenvalue weighted by Crippen LogP contribution is 2.43. The molecule has 1 N–H and O–H groups in total. The molecular weight excluding hydrogens is 822 g/mol. The summed E-state index contributed by atoms with van der Waals surface area (Å²) in [5.41, 5.74) is 0. The van der Waals surface area contributed by atoms with Crippen LogP contribution in [0.2, 0.25) is 0 Å². The maximum atomic E-state index is 12.8. The largest absolute Gasteiger partial charge is 0.472 e. The monoisotopic (exact) mass is 921 g/mol. The number of nitrogens with zero attached hydrogens (tertiary/aromatic N) is 1. The third-order valence-corrected chi connectivity index (χ3v) is 12.0. The van der Waals surface area contributed by atoms with Crippen LogP contribution in [0.4, 0.5) is 0 Å². The highest BCUT2D eigenvalue weighted by atomic mass is 31.2. The lowest BCUT2D eigenvalue weighted by Gasteiger charge is -2.24. The minimum Gasteiger partial charge on any atom is -0.462 e. The second-order valence-electron chi connectivity index (χ2n) is 18.5. The fourth-order valence-electron chi connectivity index (χ4n) is 7.05. The van der Waals surface area contributed by atoms with E-state index in [2.05, 4.69) is 74.6 Å². The van der Waals surface area contributed by atoms with E-state index in [0.29, 0.717) is 23.9 Å². The van der Waals surface area contributed by atoms with Crippen LogP contribution in [0.15, 0.2) is 60.8 Å². The molecular formula is C54H99NO8P+. The number of hydrogen-bond donors (Lipinski definition) is 1. The summed E-state index contributed by atoms with van der Waals surface area (Å²) >= 11 is 0. The number of likely N-dealkylation sites (N-methyl/N-ethyl adjacent to an activating group) is 1. The molecule has 9 nitrogen and oxygen atoms in total. The number of quaternary nitrogens is 1. The first-order valence-corrected chi connectivity index (χ1v) is 27.5. The van der Waals surface area contributed by atoms with Crippen molar-refractivity contribution in [3.8, 4) is 0 Å². The van der Waals surface area contributed by atoms with Crippen molar-refractivity contribution in [2.75, 3.05) is 47.5 Å². The highest BCUT2D eigenvalue weighted by Gasteiger charge is 2.27. The molecule has 10 heteroatoms. The lowest BCUT2D eigenvalue weighted by Crippen LogP contribution is -2.37. The molecule has 0 bridgehead atoms. The van der Waals surface area contributed by atoms with Crippen LogP contribution in [-0.2, 0) is 32.7 Å². The van der Waals surface area contributed by atoms with Gasteiger partial charge in [0.1, 0.15) is 19.8 Å². The van der Waals surface area contributed by atoms with Gasteiger partial charge in [0.25, 0.3) is 0 Å². The second-order valence-corrected chi connectivity index (χ2v) is 20.0. The lowest BCUT2D eigenvalue weighted by molar-refractivity contribution is -0.870. The maximum Gasteiger partial charge on any atom is 0.472 e. The zero-order chi connectivity index (χ0) is 47.1. The molecule has 0 aromatic carbocycles. The summed E-state index contributed by atoms with van der Waals surface area (Å²) < 4.78 is 34.4. The summed E-state index contributed by atoms with van der Waals surface area (Å²) in [4.78, 5) is 35.5. The SMILES string of the molecule is CC/C=C/C/C=C/C/C=C/C/C=C/C/C=C/CCCC(=O)OC[C@H](COP(=O)(O)OCC[N+](C)(C)C)OC(=O)CCCCCCCCCCCCCCCCCCCCCCCCC. The van der Waals surface area contributed by atoms with E-state index in [0.717, 1.165) is 51.4 Å². The van der Waals surface area contributed by atoms with Crippen molar-refractivity contribution >= 4 is 19.8 Å². The summed E-state index contributed by atoms with van der Waals surface area (Å²) in [6.45, 7) is 4.27. The van der Waals surface area contributed by atoms with Gasteiger partial charge in [0, 0.05) is 12.8 Å². The Morgan fingerprint density at radius 1 is 0.500 bits per heavy atom. The Bertz CT molecular complexity index is 1270. The summed E-state index contributed by atoms with van der Waals surface area (Å²) in [7, 11) is 1.45. The minimum absolute atomic E-state index is 0.0220. The average molecular weight is 921 g/mol. The Morgan fingerprint density at radius 3 is 1.31 bits per heavy atom. The van der Waals surface area contributed by atoms with Crippen molar-refractivity contribution in [2.24, 2.45) is 0 Å². The topological polar surface area (TPSA) is 108 Å². The number of carbonyl (C=O) groups is 2. The Hall–Kier alpha value is -2.29. The van der Waals surface area contributed by atoms with E-state index in [1.165, 1.54) is 128 Å². The maximum absolute atomic E-state index is 12.8. The van der Waals surface area contributed by atoms with Gasteiger partial charge in [-0.15, -0.1) is 0 Å². The van der Waals surface area contributed by atoms with Gasteiger partial charge in [-0.2, -0.15) is 0 Å². The van der Waals surface area contributed by atoms with Crippen molar-refractivity contribution in [1.82, 2.24) is 0 Å². The van der Waals surface area contributed by atoms with Gasteiger partial charge < -0.3 is 18.9 Å². The van der Waals surface area contributed by atoms with Crippen LogP contribution in [0, 0.1) is 0 Å². The molecule has 0 amide bonds. The number of unbranched alkanes of at least 4 members (excludes halogenated alkanes) is 23. The molecule has 0 aromatic heterocycles. The van der Waals surface area contributed by atoms with Crippen LogP contribution in [-0.4, -0.2) is 74.9 Å². The Morgan fingerprint density at radius 2 is 0.891 bits per heavy atom. The fourth-order valence-corrected chi connectivity index (χ4v) is 7.79. The molecule has 0 rings (SSSR count). The quantitative estimate of drug-likeness (QED) is 0.0211. The molecule has 64 heavy (non-hydrogen) atoms. The predicted molar refractivity (Wildman–Crippen MR) is 270 cm³/mol. The van der Waals surface area contributed by atoms with Crippen LogP contribution in [0.25, 0.3) is 0 Å². The van der Waals surface area contributed by atoms with Crippen molar-refractivity contribution in [3.63, 3.8) is 0 Å². The van der Waals surface area contributed by atoms with Crippen LogP contribution in [0.5, 0.6) is 0 Å². The van der Waals surface area contributed by atoms with Crippen LogP contribution < -0.4 is 0 Å². The minimum atomic E-state index is -4.39. The number of hydrogen-bond acceptors (Lipinski definition) is 7. The number of esters is 2. The fraction of sp³-hybridized carbons (Fsp3) is 0.778. The third kappa shape index (κ3) is 49.2. The molecule has 0 aliphatic rings. The van der Waals surface area contributed by atoms with Gasteiger partial charge in [-0.1, -0.05) is 216 Å². The summed E-state index contributed by atoms with van der Waals surface area (Å²) in [6, 6.07) is 0. The highest BCUT2D eigenvalue weighted by molar-refractivity contribution is 7.47. The first kappa shape index (κ1) is 61.7. The van der Waals surface area contributed by atoms with Gasteiger partial charge in [-0.3, -0.25) is 18.6 Å². The molecule has 0 radical (unpaired) electrons. The van der Waals surface area contributed by atoms with Gasteiger partial charge in [0.15, 0.2) is 6.10 Å². The van der Waals surface area contributed by atoms with Crippen molar-refractivity contribution in [3.05, 3.63) is 60.8 Å². The molecule has 0 spiro atoms. The van der Waals surface area contributed by atoms with Crippen molar-refractivity contribution < 1.29 is 42.1 Å². The summed E-state index contributed by atoms with van der Waals surface area (Å²) in [6.07, 6.45) is 57.2. The van der Waals surface area contributed by atoms with E-state index in [9.17, 15) is 19.0 Å². The average Bonchev–Trinajstić information content (AvgIpc) is 3.25. The second kappa shape index (κ2) is 45.8. The zero-order valence-corrected chi connectivity index (χ0v) is 42.9. The van der Waals surface area contributed by atoms with Gasteiger partial charge in [0.05, 0.1) is 27.7 Å². The molecule has 0 saturated carbocycles. The first-order valence-electron chi connectivity index (χ1n) is 26.0. The zero-order valence-electron chi connectivity index (χ0n) is 42.0. The van der Waals surface area contributed by atoms with Gasteiger partial charge >= 0.3 is 19.8 Å². The van der Waals surface area contributed by atoms with E-state index in [1.54, 1.807) is 0 Å². The van der Waals surface area contributed by atoms with Crippen molar-refractivity contribution in [2.45, 2.75) is 225 Å². The number of carbonyl (C=O) groups excluding carboxylic acids is 2. The molecule has 0 heterocycles. The normalized spacial score (nSPS) is 13.9. The smallest absolute Gasteiger partial charge is 0.462 e. The number of rotatable bonds is 47. The van der Waals surface area contributed by atoms with Crippen LogP contribution in [0.1, 0.15) is 219 Å². The lowest BCUT2D eigenvalue weighted by atomic mass is 10.0. The molecule has 2 atom stereocenters. The molecule has 372 valence electrons. The molecule has 0 aliphatic carbocycles. The van der Waals surface area contributed by atoms with Crippen molar-refractivity contribution in [1.29, 1.82) is 0 Å². The van der Waals surface area contributed by atoms with E-state index in [1.807, 2.05) is 21.1 Å². The molecule has 0 saturated heterocycles. The Kier molecular flexibility index (Phi) is 44.2.